The number of rotatable bonds is 4. The van der Waals surface area contributed by atoms with Crippen LogP contribution < -0.4 is 5.32 Å². The molecule has 1 saturated carbocycles. The van der Waals surface area contributed by atoms with Gasteiger partial charge < -0.3 is 5.32 Å². The van der Waals surface area contributed by atoms with Gasteiger partial charge in [0.1, 0.15) is 0 Å². The number of hydrogen-bond acceptors (Lipinski definition) is 3. The Hall–Kier alpha value is -0.410. The van der Waals surface area contributed by atoms with Crippen molar-refractivity contribution in [1.29, 1.82) is 0 Å². The highest BCUT2D eigenvalue weighted by Gasteiger charge is 2.30. The minimum absolute atomic E-state index is 0.677. The molecular formula is C15H26N2S. The van der Waals surface area contributed by atoms with Crippen molar-refractivity contribution in [3.05, 3.63) is 16.1 Å². The summed E-state index contributed by atoms with van der Waals surface area (Å²) in [6, 6.07) is 0.677. The predicted molar refractivity (Wildman–Crippen MR) is 78.8 cm³/mol. The Morgan fingerprint density at radius 2 is 2.22 bits per heavy atom. The van der Waals surface area contributed by atoms with E-state index >= 15 is 0 Å². The molecule has 0 aliphatic heterocycles. The van der Waals surface area contributed by atoms with Gasteiger partial charge in [-0.15, -0.1) is 11.3 Å². The first-order chi connectivity index (χ1) is 8.56. The summed E-state index contributed by atoms with van der Waals surface area (Å²) >= 11 is 1.75. The molecule has 1 fully saturated rings. The molecule has 1 aromatic rings. The lowest BCUT2D eigenvalue weighted by Crippen LogP contribution is -2.42. The number of aromatic nitrogens is 1. The molecule has 1 heterocycles. The molecule has 1 aliphatic rings. The number of aryl methyl sites for hydroxylation is 1. The average molecular weight is 266 g/mol. The summed E-state index contributed by atoms with van der Waals surface area (Å²) in [4.78, 5) is 4.54. The summed E-state index contributed by atoms with van der Waals surface area (Å²) in [7, 11) is 0. The average Bonchev–Trinajstić information content (AvgIpc) is 2.72. The van der Waals surface area contributed by atoms with Crippen molar-refractivity contribution >= 4 is 11.3 Å². The monoisotopic (exact) mass is 266 g/mol. The molecule has 18 heavy (non-hydrogen) atoms. The molecule has 0 spiro atoms. The Morgan fingerprint density at radius 3 is 2.83 bits per heavy atom. The molecule has 102 valence electrons. The fourth-order valence-electron chi connectivity index (χ4n) is 3.16. The Balaban J connectivity index is 1.92. The van der Waals surface area contributed by atoms with Gasteiger partial charge in [-0.05, 0) is 37.5 Å². The highest BCUT2D eigenvalue weighted by atomic mass is 32.1. The van der Waals surface area contributed by atoms with E-state index in [1.165, 1.54) is 30.0 Å². The largest absolute Gasteiger partial charge is 0.308 e. The second kappa shape index (κ2) is 6.16. The lowest BCUT2D eigenvalue weighted by molar-refractivity contribution is 0.169. The van der Waals surface area contributed by atoms with Crippen LogP contribution >= 0.6 is 11.3 Å². The molecule has 2 rings (SSSR count). The molecule has 1 aliphatic carbocycles. The van der Waals surface area contributed by atoms with E-state index in [0.29, 0.717) is 6.04 Å². The Labute approximate surface area is 115 Å². The van der Waals surface area contributed by atoms with Gasteiger partial charge in [0.15, 0.2) is 0 Å². The zero-order chi connectivity index (χ0) is 13.1. The first-order valence-corrected chi connectivity index (χ1v) is 8.08. The molecule has 3 atom stereocenters. The number of hydrogen-bond donors (Lipinski definition) is 1. The van der Waals surface area contributed by atoms with Crippen LogP contribution in [0.15, 0.2) is 5.38 Å². The van der Waals surface area contributed by atoms with Crippen molar-refractivity contribution in [2.45, 2.75) is 59.5 Å². The van der Waals surface area contributed by atoms with Crippen molar-refractivity contribution in [3.8, 4) is 0 Å². The lowest BCUT2D eigenvalue weighted by Gasteiger charge is -2.38. The lowest BCUT2D eigenvalue weighted by atomic mass is 9.74. The summed E-state index contributed by atoms with van der Waals surface area (Å²) in [6.45, 7) is 10.1. The van der Waals surface area contributed by atoms with E-state index in [1.807, 2.05) is 0 Å². The molecule has 0 radical (unpaired) electrons. The summed E-state index contributed by atoms with van der Waals surface area (Å²) < 4.78 is 0. The third kappa shape index (κ3) is 3.55. The quantitative estimate of drug-likeness (QED) is 0.891. The van der Waals surface area contributed by atoms with E-state index in [9.17, 15) is 0 Å². The third-order valence-electron chi connectivity index (χ3n) is 4.23. The van der Waals surface area contributed by atoms with Crippen molar-refractivity contribution in [3.63, 3.8) is 0 Å². The van der Waals surface area contributed by atoms with Gasteiger partial charge in [0.2, 0.25) is 0 Å². The molecule has 0 bridgehead atoms. The molecule has 3 heteroatoms. The first kappa shape index (κ1) is 14.0. The van der Waals surface area contributed by atoms with Crippen LogP contribution in [0.25, 0.3) is 0 Å². The van der Waals surface area contributed by atoms with E-state index in [0.717, 1.165) is 24.3 Å². The molecule has 1 aromatic heterocycles. The predicted octanol–water partition coefficient (Wildman–Crippen LogP) is 4.00. The van der Waals surface area contributed by atoms with Crippen molar-refractivity contribution in [2.75, 3.05) is 0 Å². The zero-order valence-corrected chi connectivity index (χ0v) is 12.9. The standard InChI is InChI=1S/C15H26N2S/c1-10(2)14-6-5-11(3)7-15(14)16-8-13-9-18-12(4)17-13/h9-11,14-16H,5-8H2,1-4H3. The fourth-order valence-corrected chi connectivity index (χ4v) is 3.77. The van der Waals surface area contributed by atoms with Crippen molar-refractivity contribution in [1.82, 2.24) is 10.3 Å². The summed E-state index contributed by atoms with van der Waals surface area (Å²) in [6.07, 6.45) is 4.11. The second-order valence-electron chi connectivity index (χ2n) is 6.17. The molecule has 1 N–H and O–H groups in total. The summed E-state index contributed by atoms with van der Waals surface area (Å²) in [5.74, 6) is 2.49. The van der Waals surface area contributed by atoms with Gasteiger partial charge in [-0.1, -0.05) is 27.2 Å². The molecule has 3 unspecified atom stereocenters. The van der Waals surface area contributed by atoms with Crippen LogP contribution in [0.3, 0.4) is 0 Å². The van der Waals surface area contributed by atoms with E-state index in [-0.39, 0.29) is 0 Å². The van der Waals surface area contributed by atoms with Crippen LogP contribution in [-0.4, -0.2) is 11.0 Å². The molecule has 2 nitrogen and oxygen atoms in total. The van der Waals surface area contributed by atoms with Gasteiger partial charge in [0.05, 0.1) is 10.7 Å². The maximum atomic E-state index is 4.54. The molecule has 0 amide bonds. The van der Waals surface area contributed by atoms with Crippen LogP contribution in [0.1, 0.15) is 50.7 Å². The Kier molecular flexibility index (Phi) is 4.79. The molecular weight excluding hydrogens is 240 g/mol. The first-order valence-electron chi connectivity index (χ1n) is 7.20. The van der Waals surface area contributed by atoms with Crippen LogP contribution in [0, 0.1) is 24.7 Å². The smallest absolute Gasteiger partial charge is 0.0897 e. The van der Waals surface area contributed by atoms with E-state index in [1.54, 1.807) is 11.3 Å². The SMILES string of the molecule is Cc1nc(CNC2CC(C)CCC2C(C)C)cs1. The minimum atomic E-state index is 0.677. The van der Waals surface area contributed by atoms with Crippen LogP contribution in [0.5, 0.6) is 0 Å². The third-order valence-corrected chi connectivity index (χ3v) is 5.06. The van der Waals surface area contributed by atoms with Crippen LogP contribution in [-0.2, 0) is 6.54 Å². The molecule has 0 saturated heterocycles. The van der Waals surface area contributed by atoms with Crippen molar-refractivity contribution < 1.29 is 0 Å². The Morgan fingerprint density at radius 1 is 1.44 bits per heavy atom. The minimum Gasteiger partial charge on any atom is -0.308 e. The maximum absolute atomic E-state index is 4.54. The van der Waals surface area contributed by atoms with E-state index in [4.69, 9.17) is 0 Å². The van der Waals surface area contributed by atoms with E-state index < -0.39 is 0 Å². The number of thiazole rings is 1. The van der Waals surface area contributed by atoms with Gasteiger partial charge in [0, 0.05) is 18.0 Å². The van der Waals surface area contributed by atoms with Gasteiger partial charge in [-0.3, -0.25) is 0 Å². The topological polar surface area (TPSA) is 24.9 Å². The normalized spacial score (nSPS) is 28.8. The highest BCUT2D eigenvalue weighted by molar-refractivity contribution is 7.09. The van der Waals surface area contributed by atoms with Gasteiger partial charge >= 0.3 is 0 Å². The van der Waals surface area contributed by atoms with Gasteiger partial charge in [0.25, 0.3) is 0 Å². The molecule has 0 aromatic carbocycles. The summed E-state index contributed by atoms with van der Waals surface area (Å²) in [5, 5.41) is 7.11. The maximum Gasteiger partial charge on any atom is 0.0897 e. The number of nitrogens with zero attached hydrogens (tertiary/aromatic N) is 1. The fraction of sp³-hybridized carbons (Fsp3) is 0.800. The number of nitrogens with one attached hydrogen (secondary N) is 1. The van der Waals surface area contributed by atoms with Gasteiger partial charge in [-0.25, -0.2) is 4.98 Å². The highest BCUT2D eigenvalue weighted by Crippen LogP contribution is 2.33. The van der Waals surface area contributed by atoms with Crippen LogP contribution in [0.2, 0.25) is 0 Å². The summed E-state index contributed by atoms with van der Waals surface area (Å²) in [5.41, 5.74) is 1.21. The zero-order valence-electron chi connectivity index (χ0n) is 12.1. The van der Waals surface area contributed by atoms with Gasteiger partial charge in [-0.2, -0.15) is 0 Å². The van der Waals surface area contributed by atoms with Crippen molar-refractivity contribution in [2.24, 2.45) is 17.8 Å². The van der Waals surface area contributed by atoms with Crippen LogP contribution in [0.4, 0.5) is 0 Å². The Bertz CT molecular complexity index is 372. The van der Waals surface area contributed by atoms with E-state index in [2.05, 4.69) is 43.4 Å². The second-order valence-corrected chi connectivity index (χ2v) is 7.23.